The summed E-state index contributed by atoms with van der Waals surface area (Å²) < 4.78 is 21.8. The molecule has 3 aliphatic heterocycles. The smallest absolute Gasteiger partial charge is 0.248 e. The number of rotatable bonds is 6. The number of aliphatic hydroxyl groups excluding tert-OH is 1. The lowest BCUT2D eigenvalue weighted by atomic mass is 9.62. The minimum Gasteiger partial charge on any atom is -0.495 e. The van der Waals surface area contributed by atoms with Gasteiger partial charge in [-0.05, 0) is 47.7 Å². The number of hydrogen-bond acceptors (Lipinski definition) is 7. The molecule has 1 aromatic heterocycles. The molecule has 1 unspecified atom stereocenters. The highest BCUT2D eigenvalue weighted by molar-refractivity contribution is 6.31. The summed E-state index contributed by atoms with van der Waals surface area (Å²) in [4.78, 5) is 50.4. The zero-order valence-electron chi connectivity index (χ0n) is 25.1. The molecule has 3 aliphatic rings. The number of benzene rings is 2. The summed E-state index contributed by atoms with van der Waals surface area (Å²) in [5, 5.41) is 10.4. The standard InChI is InChI=1S/C32H32Cl2FN5O5/c1-31(2,3)12-23-32(18-13-37-24(34)11-21(18)40(15-41)30(32)44)25(17-6-5-7-19(33)26(17)35)27-29(43)38(14-39(23)27)20-9-8-16(28(36)42)10-22(20)45-4/h5-11,13,23,25,27,41H,12,14-15H2,1-4H3,(H2,36,42)/t23-,25-,27+,32?/m0/s1. The van der Waals surface area contributed by atoms with Crippen molar-refractivity contribution in [2.45, 2.75) is 50.6 Å². The molecule has 0 radical (unpaired) electrons. The van der Waals surface area contributed by atoms with Gasteiger partial charge in [-0.15, -0.1) is 0 Å². The number of aromatic nitrogens is 1. The zero-order chi connectivity index (χ0) is 32.6. The normalized spacial score (nSPS) is 24.5. The molecule has 3 aromatic rings. The SMILES string of the molecule is COc1cc(C(N)=O)ccc1N1CN2[C@@H](CC(C)(C)C)C3(C(=O)N(CO)c4cc(Cl)ncc43)[C@@H](c3cccc(Cl)c3F)[C@@H]2C1=O. The Hall–Kier alpha value is -3.77. The number of primary amides is 1. The number of pyridine rings is 1. The van der Waals surface area contributed by atoms with Gasteiger partial charge in [0, 0.05) is 29.3 Å². The van der Waals surface area contributed by atoms with Gasteiger partial charge in [0.25, 0.3) is 0 Å². The molecule has 2 fully saturated rings. The summed E-state index contributed by atoms with van der Waals surface area (Å²) >= 11 is 12.6. The lowest BCUT2D eigenvalue weighted by molar-refractivity contribution is -0.125. The monoisotopic (exact) mass is 655 g/mol. The number of nitrogens with zero attached hydrogens (tertiary/aromatic N) is 4. The Kier molecular flexibility index (Phi) is 7.59. The van der Waals surface area contributed by atoms with Gasteiger partial charge in [0.15, 0.2) is 0 Å². The largest absolute Gasteiger partial charge is 0.495 e. The van der Waals surface area contributed by atoms with E-state index in [-0.39, 0.29) is 39.1 Å². The van der Waals surface area contributed by atoms with Crippen molar-refractivity contribution in [1.82, 2.24) is 9.88 Å². The average Bonchev–Trinajstić information content (AvgIpc) is 3.54. The molecule has 3 N–H and O–H groups in total. The number of methoxy groups -OCH3 is 1. The summed E-state index contributed by atoms with van der Waals surface area (Å²) in [6, 6.07) is 8.89. The van der Waals surface area contributed by atoms with E-state index in [2.05, 4.69) is 4.98 Å². The van der Waals surface area contributed by atoms with Crippen molar-refractivity contribution in [1.29, 1.82) is 0 Å². The quantitative estimate of drug-likeness (QED) is 0.376. The van der Waals surface area contributed by atoms with Gasteiger partial charge in [0.1, 0.15) is 28.9 Å². The van der Waals surface area contributed by atoms with Crippen molar-refractivity contribution in [3.05, 3.63) is 81.3 Å². The summed E-state index contributed by atoms with van der Waals surface area (Å²) in [6.45, 7) is 5.44. The molecule has 0 bridgehead atoms. The van der Waals surface area contributed by atoms with E-state index in [1.54, 1.807) is 18.2 Å². The first kappa shape index (κ1) is 31.2. The maximum absolute atomic E-state index is 16.2. The maximum atomic E-state index is 16.2. The number of nitrogens with two attached hydrogens (primary N) is 1. The number of carbonyl (C=O) groups is 3. The lowest BCUT2D eigenvalue weighted by Gasteiger charge is -2.40. The van der Waals surface area contributed by atoms with E-state index in [0.29, 0.717) is 23.4 Å². The molecule has 0 saturated carbocycles. The van der Waals surface area contributed by atoms with Crippen molar-refractivity contribution in [2.75, 3.05) is 30.3 Å². The fourth-order valence-electron chi connectivity index (χ4n) is 7.42. The molecule has 1 spiro atoms. The van der Waals surface area contributed by atoms with Gasteiger partial charge in [0.2, 0.25) is 17.7 Å². The van der Waals surface area contributed by atoms with E-state index >= 15 is 4.39 Å². The third-order valence-electron chi connectivity index (χ3n) is 9.12. The van der Waals surface area contributed by atoms with Crippen LogP contribution >= 0.6 is 23.2 Å². The minimum atomic E-state index is -1.54. The van der Waals surface area contributed by atoms with Gasteiger partial charge < -0.3 is 15.6 Å². The van der Waals surface area contributed by atoms with E-state index in [9.17, 15) is 19.5 Å². The highest BCUT2D eigenvalue weighted by Crippen LogP contribution is 2.63. The van der Waals surface area contributed by atoms with Crippen molar-refractivity contribution in [3.63, 3.8) is 0 Å². The van der Waals surface area contributed by atoms with Crippen LogP contribution in [-0.2, 0) is 15.0 Å². The van der Waals surface area contributed by atoms with Crippen LogP contribution in [0.3, 0.4) is 0 Å². The molecule has 2 saturated heterocycles. The second-order valence-electron chi connectivity index (χ2n) is 12.8. The zero-order valence-corrected chi connectivity index (χ0v) is 26.6. The van der Waals surface area contributed by atoms with E-state index in [0.717, 1.165) is 0 Å². The number of hydrogen-bond donors (Lipinski definition) is 2. The third-order valence-corrected chi connectivity index (χ3v) is 9.61. The molecule has 45 heavy (non-hydrogen) atoms. The van der Waals surface area contributed by atoms with E-state index in [1.165, 1.54) is 47.4 Å². The second-order valence-corrected chi connectivity index (χ2v) is 13.6. The minimum absolute atomic E-state index is 0.0275. The first-order chi connectivity index (χ1) is 21.3. The Morgan fingerprint density at radius 3 is 2.56 bits per heavy atom. The van der Waals surface area contributed by atoms with Crippen molar-refractivity contribution in [3.8, 4) is 5.75 Å². The van der Waals surface area contributed by atoms with Crippen molar-refractivity contribution < 1.29 is 28.6 Å². The van der Waals surface area contributed by atoms with E-state index in [1.807, 2.05) is 25.7 Å². The van der Waals surface area contributed by atoms with Crippen LogP contribution in [0.2, 0.25) is 10.2 Å². The molecule has 3 amide bonds. The van der Waals surface area contributed by atoms with Gasteiger partial charge in [0.05, 0.1) is 36.2 Å². The molecule has 236 valence electrons. The Morgan fingerprint density at radius 1 is 1.18 bits per heavy atom. The lowest BCUT2D eigenvalue weighted by Crippen LogP contribution is -2.54. The van der Waals surface area contributed by atoms with Gasteiger partial charge in [-0.3, -0.25) is 29.1 Å². The first-order valence-corrected chi connectivity index (χ1v) is 15.1. The molecular weight excluding hydrogens is 624 g/mol. The van der Waals surface area contributed by atoms with Crippen molar-refractivity contribution >= 4 is 52.3 Å². The molecular formula is C32H32Cl2FN5O5. The van der Waals surface area contributed by atoms with Crippen LogP contribution in [0.25, 0.3) is 0 Å². The number of ether oxygens (including phenoxy) is 1. The molecule has 4 heterocycles. The molecule has 0 aliphatic carbocycles. The molecule has 4 atom stereocenters. The average molecular weight is 657 g/mol. The summed E-state index contributed by atoms with van der Waals surface area (Å²) in [5.41, 5.74) is 5.05. The molecule has 10 nitrogen and oxygen atoms in total. The Morgan fingerprint density at radius 2 is 1.91 bits per heavy atom. The third kappa shape index (κ3) is 4.59. The van der Waals surface area contributed by atoms with Crippen LogP contribution in [0, 0.1) is 11.2 Å². The molecule has 6 rings (SSSR count). The number of anilines is 2. The highest BCUT2D eigenvalue weighted by atomic mass is 35.5. The fraction of sp³-hybridized carbons (Fsp3) is 0.375. The van der Waals surface area contributed by atoms with E-state index in [4.69, 9.17) is 33.7 Å². The summed E-state index contributed by atoms with van der Waals surface area (Å²) in [5.74, 6) is -3.12. The van der Waals surface area contributed by atoms with Crippen LogP contribution in [0.15, 0.2) is 48.7 Å². The van der Waals surface area contributed by atoms with Crippen LogP contribution in [-0.4, -0.2) is 65.3 Å². The predicted octanol–water partition coefficient (Wildman–Crippen LogP) is 4.45. The Labute approximate surface area is 269 Å². The van der Waals surface area contributed by atoms with E-state index < -0.39 is 53.7 Å². The molecule has 13 heteroatoms. The fourth-order valence-corrected chi connectivity index (χ4v) is 7.76. The van der Waals surface area contributed by atoms with Gasteiger partial charge in [-0.25, -0.2) is 9.37 Å². The number of aliphatic hydroxyl groups is 1. The van der Waals surface area contributed by atoms with Crippen LogP contribution in [0.5, 0.6) is 5.75 Å². The van der Waals surface area contributed by atoms with Crippen molar-refractivity contribution in [2.24, 2.45) is 11.1 Å². The first-order valence-electron chi connectivity index (χ1n) is 14.3. The van der Waals surface area contributed by atoms with Crippen LogP contribution in [0.4, 0.5) is 15.8 Å². The van der Waals surface area contributed by atoms with Crippen LogP contribution < -0.4 is 20.3 Å². The topological polar surface area (TPSA) is 129 Å². The number of amides is 3. The van der Waals surface area contributed by atoms with Crippen LogP contribution in [0.1, 0.15) is 54.6 Å². The highest BCUT2D eigenvalue weighted by Gasteiger charge is 2.73. The number of carbonyl (C=O) groups excluding carboxylic acids is 3. The summed E-state index contributed by atoms with van der Waals surface area (Å²) in [6.07, 6.45) is 1.90. The Balaban J connectivity index is 1.63. The second kappa shape index (κ2) is 10.9. The Bertz CT molecular complexity index is 1750. The maximum Gasteiger partial charge on any atom is 0.248 e. The number of fused-ring (bicyclic) bond motifs is 3. The predicted molar refractivity (Wildman–Crippen MR) is 167 cm³/mol. The number of halogens is 3. The summed E-state index contributed by atoms with van der Waals surface area (Å²) in [7, 11) is 1.42. The van der Waals surface area contributed by atoms with Gasteiger partial charge >= 0.3 is 0 Å². The molecule has 2 aromatic carbocycles. The van der Waals surface area contributed by atoms with Gasteiger partial charge in [-0.2, -0.15) is 0 Å². The van der Waals surface area contributed by atoms with Gasteiger partial charge in [-0.1, -0.05) is 56.1 Å².